The quantitative estimate of drug-likeness (QED) is 0.105. The molecular formula is C40H42F4O8S. The Balaban J connectivity index is 1.07. The van der Waals surface area contributed by atoms with E-state index in [-0.39, 0.29) is 59.9 Å². The van der Waals surface area contributed by atoms with Crippen LogP contribution < -0.4 is 4.74 Å². The predicted molar refractivity (Wildman–Crippen MR) is 178 cm³/mol. The second-order valence-corrected chi connectivity index (χ2v) is 18.9. The van der Waals surface area contributed by atoms with Gasteiger partial charge in [-0.1, -0.05) is 31.4 Å². The molecule has 6 aliphatic heterocycles. The van der Waals surface area contributed by atoms with Gasteiger partial charge in [-0.3, -0.25) is 4.55 Å². The number of fused-ring (bicyclic) bond motifs is 15. The van der Waals surface area contributed by atoms with E-state index in [0.29, 0.717) is 59.5 Å². The van der Waals surface area contributed by atoms with Gasteiger partial charge < -0.3 is 18.9 Å². The number of carbonyl (C=O) groups is 1. The predicted octanol–water partition coefficient (Wildman–Crippen LogP) is 7.72. The fraction of sp³-hybridized carbons (Fsp3) is 0.675. The molecule has 3 aliphatic carbocycles. The van der Waals surface area contributed by atoms with Gasteiger partial charge in [0.1, 0.15) is 0 Å². The average Bonchev–Trinajstić information content (AvgIpc) is 3.98. The minimum atomic E-state index is -5.70. The highest BCUT2D eigenvalue weighted by Gasteiger charge is 2.60. The molecule has 0 radical (unpaired) electrons. The monoisotopic (exact) mass is 758 g/mol. The molecule has 11 rings (SSSR count). The third kappa shape index (κ3) is 4.72. The van der Waals surface area contributed by atoms with Crippen molar-refractivity contribution in [2.24, 2.45) is 35.5 Å². The summed E-state index contributed by atoms with van der Waals surface area (Å²) in [4.78, 5) is 12.5. The lowest BCUT2D eigenvalue weighted by atomic mass is 9.67. The van der Waals surface area contributed by atoms with Crippen LogP contribution in [0, 0.1) is 58.8 Å². The summed E-state index contributed by atoms with van der Waals surface area (Å²) in [7, 11) is -5.70. The summed E-state index contributed by atoms with van der Waals surface area (Å²) in [6.07, 6.45) is 12.1. The second-order valence-electron chi connectivity index (χ2n) is 17.6. The maximum Gasteiger partial charge on any atom is 0.344 e. The van der Waals surface area contributed by atoms with Crippen LogP contribution in [0.3, 0.4) is 0 Å². The molecule has 9 aliphatic rings. The number of benzene rings is 2. The minimum Gasteiger partial charge on any atom is -0.416 e. The van der Waals surface area contributed by atoms with Crippen molar-refractivity contribution in [3.63, 3.8) is 0 Å². The lowest BCUT2D eigenvalue weighted by molar-refractivity contribution is 0.0700. The molecule has 1 N–H and O–H groups in total. The summed E-state index contributed by atoms with van der Waals surface area (Å²) in [5, 5.41) is 0. The van der Waals surface area contributed by atoms with Crippen molar-refractivity contribution < 1.29 is 54.3 Å². The van der Waals surface area contributed by atoms with Crippen molar-refractivity contribution in [3.05, 3.63) is 57.7 Å². The van der Waals surface area contributed by atoms with Crippen molar-refractivity contribution in [2.45, 2.75) is 136 Å². The molecule has 3 saturated carbocycles. The Morgan fingerprint density at radius 3 is 1.45 bits per heavy atom. The Labute approximate surface area is 305 Å². The van der Waals surface area contributed by atoms with Crippen LogP contribution in [0.25, 0.3) is 0 Å². The van der Waals surface area contributed by atoms with Crippen LogP contribution in [-0.4, -0.2) is 55.6 Å². The van der Waals surface area contributed by atoms with Crippen LogP contribution in [0.2, 0.25) is 0 Å². The Bertz CT molecular complexity index is 1950. The molecule has 13 heteroatoms. The van der Waals surface area contributed by atoms with E-state index in [4.69, 9.17) is 18.9 Å². The zero-order valence-corrected chi connectivity index (χ0v) is 29.8. The van der Waals surface area contributed by atoms with E-state index >= 15 is 8.78 Å². The van der Waals surface area contributed by atoms with Gasteiger partial charge in [0.05, 0.1) is 42.2 Å². The third-order valence-electron chi connectivity index (χ3n) is 15.5. The normalized spacial score (nSPS) is 42.8. The van der Waals surface area contributed by atoms with E-state index < -0.39 is 50.0 Å². The van der Waals surface area contributed by atoms with Crippen molar-refractivity contribution >= 4 is 16.1 Å². The van der Waals surface area contributed by atoms with E-state index in [1.165, 1.54) is 12.8 Å². The SMILES string of the molecule is O=C(Oc1c(F)c(F)c(S(=O)(=O)O)c(F)c1F)c1c(C2CC3OC2C2CCCC32)cc(C2CC3OC2C2CCCC32)cc1C1CC2OC1C1CCCC21. The van der Waals surface area contributed by atoms with E-state index in [2.05, 4.69) is 12.1 Å². The lowest BCUT2D eigenvalue weighted by Crippen LogP contribution is -2.33. The first-order valence-corrected chi connectivity index (χ1v) is 21.1. The number of hydrogen-bond acceptors (Lipinski definition) is 7. The number of carbonyl (C=O) groups excluding carboxylic acids is 1. The molecule has 15 atom stereocenters. The fourth-order valence-corrected chi connectivity index (χ4v) is 14.3. The number of ether oxygens (including phenoxy) is 4. The van der Waals surface area contributed by atoms with E-state index in [1.54, 1.807) is 0 Å². The van der Waals surface area contributed by atoms with Gasteiger partial charge >= 0.3 is 16.1 Å². The largest absolute Gasteiger partial charge is 0.416 e. The Kier molecular flexibility index (Phi) is 7.46. The molecule has 15 unspecified atom stereocenters. The number of rotatable bonds is 6. The van der Waals surface area contributed by atoms with Gasteiger partial charge in [0.2, 0.25) is 17.4 Å². The van der Waals surface area contributed by atoms with Crippen molar-refractivity contribution in [3.8, 4) is 5.75 Å². The molecule has 2 aromatic carbocycles. The zero-order valence-electron chi connectivity index (χ0n) is 29.0. The molecule has 0 spiro atoms. The summed E-state index contributed by atoms with van der Waals surface area (Å²) in [5.74, 6) is -9.88. The first-order chi connectivity index (χ1) is 25.5. The van der Waals surface area contributed by atoms with E-state index in [0.717, 1.165) is 56.9 Å². The molecule has 2 aromatic rings. The molecule has 53 heavy (non-hydrogen) atoms. The molecule has 9 fully saturated rings. The molecule has 0 aromatic heterocycles. The highest BCUT2D eigenvalue weighted by Crippen LogP contribution is 2.62. The average molecular weight is 759 g/mol. The highest BCUT2D eigenvalue weighted by molar-refractivity contribution is 7.85. The molecule has 6 bridgehead atoms. The molecule has 6 heterocycles. The minimum absolute atomic E-state index is 0.0229. The first-order valence-electron chi connectivity index (χ1n) is 19.7. The number of halogens is 4. The summed E-state index contributed by atoms with van der Waals surface area (Å²) >= 11 is 0. The van der Waals surface area contributed by atoms with E-state index in [1.807, 2.05) is 0 Å². The van der Waals surface area contributed by atoms with Gasteiger partial charge in [-0.05, 0) is 110 Å². The van der Waals surface area contributed by atoms with Gasteiger partial charge in [0.15, 0.2) is 16.5 Å². The van der Waals surface area contributed by atoms with Crippen molar-refractivity contribution in [1.29, 1.82) is 0 Å². The maximum absolute atomic E-state index is 15.4. The van der Waals surface area contributed by atoms with Crippen LogP contribution in [0.5, 0.6) is 5.75 Å². The van der Waals surface area contributed by atoms with Crippen LogP contribution in [0.15, 0.2) is 17.0 Å². The zero-order chi connectivity index (χ0) is 36.2. The Morgan fingerprint density at radius 2 is 1.02 bits per heavy atom. The lowest BCUT2D eigenvalue weighted by Gasteiger charge is -2.35. The fourth-order valence-electron chi connectivity index (χ4n) is 13.6. The molecule has 8 nitrogen and oxygen atoms in total. The number of hydrogen-bond donors (Lipinski definition) is 1. The standard InChI is InChI=1S/C40H42F4O8S/c41-31-33(43)39(53(46,47)48)34(44)32(42)38(31)52-40(45)30-23(25-13-28-17-5-2-8-20(17)36(25)50-28)10-15(22-12-27-16-4-1-7-19(16)35(22)49-27)11-24(30)26-14-29-18-6-3-9-21(18)37(26)51-29/h10-11,16-22,25-29,35-37H,1-9,12-14H2,(H,46,47,48). The topological polar surface area (TPSA) is 108 Å². The Morgan fingerprint density at radius 1 is 0.623 bits per heavy atom. The number of esters is 1. The molecular weight excluding hydrogens is 716 g/mol. The summed E-state index contributed by atoms with van der Waals surface area (Å²) < 4.78 is 119. The molecule has 284 valence electrons. The van der Waals surface area contributed by atoms with Gasteiger partial charge in [-0.25, -0.2) is 13.6 Å². The Hall–Kier alpha value is -2.58. The van der Waals surface area contributed by atoms with Gasteiger partial charge in [0.25, 0.3) is 0 Å². The van der Waals surface area contributed by atoms with Crippen LogP contribution in [0.4, 0.5) is 17.6 Å². The second kappa shape index (κ2) is 11.7. The van der Waals surface area contributed by atoms with Crippen LogP contribution in [-0.2, 0) is 24.3 Å². The van der Waals surface area contributed by atoms with Gasteiger partial charge in [-0.15, -0.1) is 0 Å². The summed E-state index contributed by atoms with van der Waals surface area (Å²) in [6, 6.07) is 4.11. The highest BCUT2D eigenvalue weighted by atomic mass is 32.2. The van der Waals surface area contributed by atoms with E-state index in [9.17, 15) is 26.5 Å². The van der Waals surface area contributed by atoms with Crippen LogP contribution >= 0.6 is 0 Å². The van der Waals surface area contributed by atoms with Crippen molar-refractivity contribution in [1.82, 2.24) is 0 Å². The molecule has 6 saturated heterocycles. The maximum atomic E-state index is 15.4. The summed E-state index contributed by atoms with van der Waals surface area (Å²) in [5.41, 5.74) is 2.50. The smallest absolute Gasteiger partial charge is 0.344 e. The third-order valence-corrected chi connectivity index (χ3v) is 16.4. The van der Waals surface area contributed by atoms with Gasteiger partial charge in [0, 0.05) is 17.8 Å². The van der Waals surface area contributed by atoms with Gasteiger partial charge in [-0.2, -0.15) is 17.2 Å². The van der Waals surface area contributed by atoms with Crippen molar-refractivity contribution in [2.75, 3.05) is 0 Å². The van der Waals surface area contributed by atoms with Crippen LogP contribution in [0.1, 0.15) is 122 Å². The molecule has 0 amide bonds. The first kappa shape index (κ1) is 33.7. The summed E-state index contributed by atoms with van der Waals surface area (Å²) in [6.45, 7) is 0.